The van der Waals surface area contributed by atoms with Crippen molar-refractivity contribution in [2.45, 2.75) is 32.6 Å². The van der Waals surface area contributed by atoms with Crippen molar-refractivity contribution in [1.29, 1.82) is 0 Å². The molecule has 4 aromatic rings. The minimum absolute atomic E-state index is 0.0578. The zero-order chi connectivity index (χ0) is 26.0. The lowest BCUT2D eigenvalue weighted by Crippen LogP contribution is -2.18. The van der Waals surface area contributed by atoms with Gasteiger partial charge in [0.2, 0.25) is 0 Å². The van der Waals surface area contributed by atoms with Crippen LogP contribution in [0.1, 0.15) is 23.6 Å². The van der Waals surface area contributed by atoms with Crippen LogP contribution in [0.4, 0.5) is 5.82 Å². The average molecular weight is 572 g/mol. The van der Waals surface area contributed by atoms with Crippen LogP contribution in [0, 0.1) is 20.8 Å². The summed E-state index contributed by atoms with van der Waals surface area (Å²) in [6.07, 6.45) is 1.83. The Morgan fingerprint density at radius 2 is 1.81 bits per heavy atom. The van der Waals surface area contributed by atoms with E-state index in [9.17, 15) is 13.2 Å². The number of aromatic nitrogens is 2. The number of hydrogen-bond acceptors (Lipinski definition) is 7. The van der Waals surface area contributed by atoms with E-state index in [-0.39, 0.29) is 23.8 Å². The van der Waals surface area contributed by atoms with Gasteiger partial charge >= 0.3 is 16.1 Å². The van der Waals surface area contributed by atoms with Crippen LogP contribution >= 0.6 is 15.9 Å². The van der Waals surface area contributed by atoms with Crippen molar-refractivity contribution in [2.24, 2.45) is 0 Å². The summed E-state index contributed by atoms with van der Waals surface area (Å²) in [5.74, 6) is 0.312. The quantitative estimate of drug-likeness (QED) is 0.222. The highest BCUT2D eigenvalue weighted by molar-refractivity contribution is 9.10. The van der Waals surface area contributed by atoms with Crippen molar-refractivity contribution < 1.29 is 22.1 Å². The first-order chi connectivity index (χ1) is 17.1. The molecular formula is C26H26BrN3O5S. The Morgan fingerprint density at radius 3 is 2.50 bits per heavy atom. The maximum absolute atomic E-state index is 13.2. The number of aryl methyl sites for hydroxylation is 3. The Hall–Kier alpha value is -3.37. The van der Waals surface area contributed by atoms with E-state index in [4.69, 9.17) is 13.9 Å². The van der Waals surface area contributed by atoms with Crippen molar-refractivity contribution in [3.63, 3.8) is 0 Å². The summed E-state index contributed by atoms with van der Waals surface area (Å²) in [5.41, 5.74) is 4.02. The summed E-state index contributed by atoms with van der Waals surface area (Å²) in [5, 5.41) is 3.11. The first-order valence-corrected chi connectivity index (χ1v) is 13.5. The van der Waals surface area contributed by atoms with E-state index in [1.807, 2.05) is 41.8 Å². The zero-order valence-corrected chi connectivity index (χ0v) is 22.7. The summed E-state index contributed by atoms with van der Waals surface area (Å²) in [7, 11) is -4.07. The van der Waals surface area contributed by atoms with E-state index in [0.717, 1.165) is 10.0 Å². The largest absolute Gasteiger partial charge is 0.465 e. The molecule has 0 bridgehead atoms. The molecule has 0 radical (unpaired) electrons. The Balaban J connectivity index is 1.73. The van der Waals surface area contributed by atoms with Crippen LogP contribution in [0.25, 0.3) is 16.9 Å². The highest BCUT2D eigenvalue weighted by atomic mass is 79.9. The normalized spacial score (nSPS) is 11.5. The number of rotatable bonds is 8. The van der Waals surface area contributed by atoms with Crippen molar-refractivity contribution in [3.8, 4) is 17.0 Å². The number of ether oxygens (including phenoxy) is 1. The standard InChI is InChI=1S/C26H26BrN3O5S/c1-5-34-23(31)14-28-26-24(29-22-10-9-20(27)15-30(22)26)19-7-6-8-21(13-19)35-36(32,33)25-17(3)11-16(2)12-18(25)4/h6-13,15,28H,5,14H2,1-4H3. The fourth-order valence-corrected chi connectivity index (χ4v) is 5.87. The molecule has 2 aromatic carbocycles. The molecule has 10 heteroatoms. The predicted octanol–water partition coefficient (Wildman–Crippen LogP) is 5.43. The van der Waals surface area contributed by atoms with Crippen molar-refractivity contribution in [3.05, 3.63) is 75.9 Å². The number of anilines is 1. The highest BCUT2D eigenvalue weighted by Crippen LogP contribution is 2.33. The second-order valence-electron chi connectivity index (χ2n) is 8.34. The average Bonchev–Trinajstić information content (AvgIpc) is 3.14. The number of benzene rings is 2. The lowest BCUT2D eigenvalue weighted by atomic mass is 10.1. The fraction of sp³-hybridized carbons (Fsp3) is 0.231. The first-order valence-electron chi connectivity index (χ1n) is 11.3. The smallest absolute Gasteiger partial charge is 0.339 e. The Bertz CT molecular complexity index is 1540. The Morgan fingerprint density at radius 1 is 1.08 bits per heavy atom. The van der Waals surface area contributed by atoms with Crippen molar-refractivity contribution in [1.82, 2.24) is 9.38 Å². The maximum Gasteiger partial charge on any atom is 0.339 e. The number of hydrogen-bond donors (Lipinski definition) is 1. The molecule has 0 saturated heterocycles. The number of carbonyl (C=O) groups excluding carboxylic acids is 1. The SMILES string of the molecule is CCOC(=O)CNc1c(-c2cccc(OS(=O)(=O)c3c(C)cc(C)cc3C)c2)nc2ccc(Br)cn12. The molecule has 1 N–H and O–H groups in total. The van der Waals surface area contributed by atoms with Crippen LogP contribution in [-0.4, -0.2) is 36.9 Å². The second kappa shape index (κ2) is 10.3. The molecule has 0 amide bonds. The lowest BCUT2D eigenvalue weighted by molar-refractivity contribution is -0.140. The van der Waals surface area contributed by atoms with Gasteiger partial charge < -0.3 is 14.2 Å². The molecule has 0 atom stereocenters. The molecular weight excluding hydrogens is 546 g/mol. The number of pyridine rings is 1. The zero-order valence-electron chi connectivity index (χ0n) is 20.3. The third kappa shape index (κ3) is 5.39. The number of halogens is 1. The third-order valence-electron chi connectivity index (χ3n) is 5.46. The molecule has 0 fully saturated rings. The minimum atomic E-state index is -4.07. The van der Waals surface area contributed by atoms with E-state index in [1.165, 1.54) is 0 Å². The molecule has 4 rings (SSSR count). The van der Waals surface area contributed by atoms with Gasteiger partial charge in [-0.1, -0.05) is 29.8 Å². The van der Waals surface area contributed by atoms with Gasteiger partial charge in [0.1, 0.15) is 34.3 Å². The van der Waals surface area contributed by atoms with Crippen LogP contribution in [0.5, 0.6) is 5.75 Å². The highest BCUT2D eigenvalue weighted by Gasteiger charge is 2.23. The monoisotopic (exact) mass is 571 g/mol. The Kier molecular flexibility index (Phi) is 7.37. The Labute approximate surface area is 218 Å². The molecule has 188 valence electrons. The van der Waals surface area contributed by atoms with E-state index in [0.29, 0.717) is 33.8 Å². The van der Waals surface area contributed by atoms with Crippen molar-refractivity contribution in [2.75, 3.05) is 18.5 Å². The topological polar surface area (TPSA) is 99.0 Å². The number of nitrogens with zero attached hydrogens (tertiary/aromatic N) is 2. The van der Waals surface area contributed by atoms with E-state index < -0.39 is 16.1 Å². The summed E-state index contributed by atoms with van der Waals surface area (Å²) in [6, 6.07) is 14.0. The molecule has 36 heavy (non-hydrogen) atoms. The van der Waals surface area contributed by atoms with Gasteiger partial charge in [0.25, 0.3) is 0 Å². The fourth-order valence-electron chi connectivity index (χ4n) is 4.18. The molecule has 0 spiro atoms. The van der Waals surface area contributed by atoms with E-state index in [1.54, 1.807) is 45.0 Å². The predicted molar refractivity (Wildman–Crippen MR) is 142 cm³/mol. The molecule has 0 aliphatic carbocycles. The van der Waals surface area contributed by atoms with Crippen LogP contribution < -0.4 is 9.50 Å². The van der Waals surface area contributed by atoms with Gasteiger partial charge in [-0.15, -0.1) is 0 Å². The lowest BCUT2D eigenvalue weighted by Gasteiger charge is -2.13. The van der Waals surface area contributed by atoms with E-state index in [2.05, 4.69) is 21.2 Å². The first kappa shape index (κ1) is 25.7. The third-order valence-corrected chi connectivity index (χ3v) is 7.48. The number of imidazole rings is 1. The van der Waals surface area contributed by atoms with Crippen LogP contribution in [0.15, 0.2) is 64.1 Å². The van der Waals surface area contributed by atoms with Gasteiger partial charge in [0.15, 0.2) is 0 Å². The number of esters is 1. The van der Waals surface area contributed by atoms with Gasteiger partial charge in [-0.05, 0) is 79.0 Å². The molecule has 8 nitrogen and oxygen atoms in total. The number of nitrogens with one attached hydrogen (secondary N) is 1. The van der Waals surface area contributed by atoms with Gasteiger partial charge in [0, 0.05) is 16.2 Å². The van der Waals surface area contributed by atoms with Gasteiger partial charge in [0.05, 0.1) is 6.61 Å². The second-order valence-corrected chi connectivity index (χ2v) is 10.7. The summed E-state index contributed by atoms with van der Waals surface area (Å²) in [6.45, 7) is 7.39. The summed E-state index contributed by atoms with van der Waals surface area (Å²) >= 11 is 3.47. The molecule has 0 unspecified atom stereocenters. The van der Waals surface area contributed by atoms with Gasteiger partial charge in [-0.2, -0.15) is 8.42 Å². The molecule has 0 aliphatic rings. The van der Waals surface area contributed by atoms with Crippen LogP contribution in [0.2, 0.25) is 0 Å². The molecule has 2 aromatic heterocycles. The molecule has 0 aliphatic heterocycles. The van der Waals surface area contributed by atoms with Crippen LogP contribution in [0.3, 0.4) is 0 Å². The summed E-state index contributed by atoms with van der Waals surface area (Å²) < 4.78 is 39.6. The van der Waals surface area contributed by atoms with Crippen molar-refractivity contribution >= 4 is 43.5 Å². The van der Waals surface area contributed by atoms with Crippen LogP contribution in [-0.2, 0) is 19.6 Å². The van der Waals surface area contributed by atoms with Gasteiger partial charge in [-0.3, -0.25) is 9.20 Å². The number of carbonyl (C=O) groups is 1. The van der Waals surface area contributed by atoms with Gasteiger partial charge in [-0.25, -0.2) is 4.98 Å². The molecule has 0 saturated carbocycles. The summed E-state index contributed by atoms with van der Waals surface area (Å²) in [4.78, 5) is 16.9. The maximum atomic E-state index is 13.2. The van der Waals surface area contributed by atoms with E-state index >= 15 is 0 Å². The number of fused-ring (bicyclic) bond motifs is 1. The minimum Gasteiger partial charge on any atom is -0.465 e. The molecule has 2 heterocycles.